The molecule has 4 nitrogen and oxygen atoms in total. The van der Waals surface area contributed by atoms with Crippen molar-refractivity contribution in [3.05, 3.63) is 0 Å². The van der Waals surface area contributed by atoms with Gasteiger partial charge in [-0.05, 0) is 32.6 Å². The van der Waals surface area contributed by atoms with Gasteiger partial charge in [0.05, 0.1) is 18.8 Å². The van der Waals surface area contributed by atoms with E-state index in [-0.39, 0.29) is 18.1 Å². The van der Waals surface area contributed by atoms with Crippen LogP contribution in [0.3, 0.4) is 0 Å². The van der Waals surface area contributed by atoms with Crippen molar-refractivity contribution in [2.24, 2.45) is 0 Å². The van der Waals surface area contributed by atoms with Crippen molar-refractivity contribution in [3.63, 3.8) is 0 Å². The number of thioether (sulfide) groups is 1. The number of amides is 1. The number of nitrogens with zero attached hydrogens (tertiary/aromatic N) is 2. The Hall–Kier alpha value is -0.260. The predicted molar refractivity (Wildman–Crippen MR) is 75.0 cm³/mol. The summed E-state index contributed by atoms with van der Waals surface area (Å²) in [5, 5.41) is 0. The molecule has 5 heteroatoms. The molecule has 0 unspecified atom stereocenters. The van der Waals surface area contributed by atoms with Crippen LogP contribution in [0.15, 0.2) is 0 Å². The lowest BCUT2D eigenvalue weighted by Gasteiger charge is -2.36. The summed E-state index contributed by atoms with van der Waals surface area (Å²) in [5.41, 5.74) is 0. The summed E-state index contributed by atoms with van der Waals surface area (Å²) in [6.45, 7) is 8.26. The summed E-state index contributed by atoms with van der Waals surface area (Å²) >= 11 is 2.00. The molecule has 0 aromatic heterocycles. The standard InChI is InChI=1S/C13H24N2O2S/c1-11-8-15(9-12(2)17-11)13(16)10-14-4-3-6-18-7-5-14/h11-12H,3-10H2,1-2H3/t11-,12+. The Kier molecular flexibility index (Phi) is 5.33. The van der Waals surface area contributed by atoms with Crippen molar-refractivity contribution in [3.8, 4) is 0 Å². The van der Waals surface area contributed by atoms with E-state index in [1.54, 1.807) is 0 Å². The van der Waals surface area contributed by atoms with Gasteiger partial charge in [0, 0.05) is 25.4 Å². The average Bonchev–Trinajstić information content (AvgIpc) is 2.56. The molecular weight excluding hydrogens is 248 g/mol. The maximum atomic E-state index is 12.3. The third kappa shape index (κ3) is 4.14. The van der Waals surface area contributed by atoms with Crippen molar-refractivity contribution < 1.29 is 9.53 Å². The molecule has 2 heterocycles. The lowest BCUT2D eigenvalue weighted by Crippen LogP contribution is -2.51. The van der Waals surface area contributed by atoms with Gasteiger partial charge < -0.3 is 9.64 Å². The van der Waals surface area contributed by atoms with E-state index in [2.05, 4.69) is 4.90 Å². The van der Waals surface area contributed by atoms with E-state index in [0.717, 1.165) is 31.9 Å². The Labute approximate surface area is 114 Å². The van der Waals surface area contributed by atoms with Gasteiger partial charge in [-0.2, -0.15) is 11.8 Å². The first-order valence-electron chi connectivity index (χ1n) is 6.88. The van der Waals surface area contributed by atoms with Gasteiger partial charge in [-0.1, -0.05) is 0 Å². The van der Waals surface area contributed by atoms with Crippen LogP contribution in [0.25, 0.3) is 0 Å². The maximum Gasteiger partial charge on any atom is 0.236 e. The van der Waals surface area contributed by atoms with Crippen LogP contribution in [0.4, 0.5) is 0 Å². The zero-order valence-corrected chi connectivity index (χ0v) is 12.2. The van der Waals surface area contributed by atoms with E-state index in [1.165, 1.54) is 12.2 Å². The SMILES string of the molecule is C[C@@H]1CN(C(=O)CN2CCCSCC2)C[C@H](C)O1. The van der Waals surface area contributed by atoms with Gasteiger partial charge in [0.15, 0.2) is 0 Å². The fourth-order valence-electron chi connectivity index (χ4n) is 2.63. The molecule has 0 spiro atoms. The first-order chi connectivity index (χ1) is 8.65. The monoisotopic (exact) mass is 272 g/mol. The van der Waals surface area contributed by atoms with Crippen LogP contribution in [0.1, 0.15) is 20.3 Å². The molecule has 104 valence electrons. The number of hydrogen-bond acceptors (Lipinski definition) is 4. The minimum absolute atomic E-state index is 0.164. The summed E-state index contributed by atoms with van der Waals surface area (Å²) in [6.07, 6.45) is 1.53. The minimum Gasteiger partial charge on any atom is -0.372 e. The second-order valence-corrected chi connectivity index (χ2v) is 6.52. The fraction of sp³-hybridized carbons (Fsp3) is 0.923. The summed E-state index contributed by atoms with van der Waals surface area (Å²) in [7, 11) is 0. The van der Waals surface area contributed by atoms with Gasteiger partial charge in [-0.15, -0.1) is 0 Å². The summed E-state index contributed by atoms with van der Waals surface area (Å²) < 4.78 is 5.67. The lowest BCUT2D eigenvalue weighted by atomic mass is 10.2. The number of hydrogen-bond donors (Lipinski definition) is 0. The lowest BCUT2D eigenvalue weighted by molar-refractivity contribution is -0.144. The average molecular weight is 272 g/mol. The normalized spacial score (nSPS) is 31.1. The molecule has 2 rings (SSSR count). The van der Waals surface area contributed by atoms with Gasteiger partial charge in [0.2, 0.25) is 5.91 Å². The molecule has 18 heavy (non-hydrogen) atoms. The predicted octanol–water partition coefficient (Wildman–Crippen LogP) is 1.06. The molecule has 2 saturated heterocycles. The number of morpholine rings is 1. The van der Waals surface area contributed by atoms with Crippen LogP contribution < -0.4 is 0 Å². The molecule has 0 aromatic carbocycles. The largest absolute Gasteiger partial charge is 0.372 e. The summed E-state index contributed by atoms with van der Waals surface area (Å²) in [4.78, 5) is 16.6. The van der Waals surface area contributed by atoms with Gasteiger partial charge in [-0.3, -0.25) is 9.69 Å². The van der Waals surface area contributed by atoms with E-state index in [9.17, 15) is 4.79 Å². The summed E-state index contributed by atoms with van der Waals surface area (Å²) in [5.74, 6) is 2.66. The van der Waals surface area contributed by atoms with Crippen molar-refractivity contribution in [2.75, 3.05) is 44.2 Å². The van der Waals surface area contributed by atoms with Gasteiger partial charge in [0.1, 0.15) is 0 Å². The van der Waals surface area contributed by atoms with E-state index in [1.807, 2.05) is 30.5 Å². The first kappa shape index (κ1) is 14.2. The molecule has 2 atom stereocenters. The number of ether oxygens (including phenoxy) is 1. The molecule has 0 aliphatic carbocycles. The molecule has 0 saturated carbocycles. The van der Waals surface area contributed by atoms with Gasteiger partial charge in [0.25, 0.3) is 0 Å². The Bertz CT molecular complexity index is 270. The third-order valence-corrected chi connectivity index (χ3v) is 4.49. The molecule has 2 fully saturated rings. The molecule has 0 N–H and O–H groups in total. The van der Waals surface area contributed by atoms with Gasteiger partial charge >= 0.3 is 0 Å². The van der Waals surface area contributed by atoms with Crippen molar-refractivity contribution in [2.45, 2.75) is 32.5 Å². The van der Waals surface area contributed by atoms with E-state index >= 15 is 0 Å². The highest BCUT2D eigenvalue weighted by molar-refractivity contribution is 7.99. The number of carbonyl (C=O) groups is 1. The Morgan fingerprint density at radius 3 is 2.67 bits per heavy atom. The van der Waals surface area contributed by atoms with Crippen LogP contribution in [0.2, 0.25) is 0 Å². The number of rotatable bonds is 2. The van der Waals surface area contributed by atoms with Crippen LogP contribution in [-0.4, -0.2) is 72.1 Å². The molecule has 0 aromatic rings. The quantitative estimate of drug-likeness (QED) is 0.752. The minimum atomic E-state index is 0.164. The Morgan fingerprint density at radius 2 is 1.94 bits per heavy atom. The first-order valence-corrected chi connectivity index (χ1v) is 8.04. The smallest absolute Gasteiger partial charge is 0.236 e. The highest BCUT2D eigenvalue weighted by atomic mass is 32.2. The molecular formula is C13H24N2O2S. The Morgan fingerprint density at radius 1 is 1.22 bits per heavy atom. The molecule has 0 bridgehead atoms. The second kappa shape index (κ2) is 6.78. The van der Waals surface area contributed by atoms with Crippen LogP contribution >= 0.6 is 11.8 Å². The van der Waals surface area contributed by atoms with Crippen LogP contribution in [-0.2, 0) is 9.53 Å². The van der Waals surface area contributed by atoms with E-state index < -0.39 is 0 Å². The zero-order valence-electron chi connectivity index (χ0n) is 11.4. The Balaban J connectivity index is 1.82. The van der Waals surface area contributed by atoms with Crippen molar-refractivity contribution in [1.29, 1.82) is 0 Å². The van der Waals surface area contributed by atoms with Crippen LogP contribution in [0, 0.1) is 0 Å². The van der Waals surface area contributed by atoms with E-state index in [0.29, 0.717) is 6.54 Å². The molecule has 2 aliphatic heterocycles. The van der Waals surface area contributed by atoms with Crippen molar-refractivity contribution >= 4 is 17.7 Å². The highest BCUT2D eigenvalue weighted by Gasteiger charge is 2.26. The molecule has 1 amide bonds. The topological polar surface area (TPSA) is 32.8 Å². The van der Waals surface area contributed by atoms with Crippen molar-refractivity contribution in [1.82, 2.24) is 9.80 Å². The second-order valence-electron chi connectivity index (χ2n) is 5.30. The molecule has 2 aliphatic rings. The zero-order chi connectivity index (χ0) is 13.0. The third-order valence-electron chi connectivity index (χ3n) is 3.45. The maximum absolute atomic E-state index is 12.3. The number of carbonyl (C=O) groups excluding carboxylic acids is 1. The molecule has 0 radical (unpaired) electrons. The highest BCUT2D eigenvalue weighted by Crippen LogP contribution is 2.13. The van der Waals surface area contributed by atoms with E-state index in [4.69, 9.17) is 4.74 Å². The fourth-order valence-corrected chi connectivity index (χ4v) is 3.55. The summed E-state index contributed by atoms with van der Waals surface area (Å²) in [6, 6.07) is 0. The van der Waals surface area contributed by atoms with Crippen LogP contribution in [0.5, 0.6) is 0 Å². The van der Waals surface area contributed by atoms with Gasteiger partial charge in [-0.25, -0.2) is 0 Å².